The summed E-state index contributed by atoms with van der Waals surface area (Å²) >= 11 is 1.28. The van der Waals surface area contributed by atoms with E-state index >= 15 is 0 Å². The molecule has 0 aromatic carbocycles. The van der Waals surface area contributed by atoms with Crippen LogP contribution in [0.4, 0.5) is 15.8 Å². The Labute approximate surface area is 120 Å². The molecule has 0 aliphatic carbocycles. The summed E-state index contributed by atoms with van der Waals surface area (Å²) in [6.45, 7) is 7.20. The predicted molar refractivity (Wildman–Crippen MR) is 76.6 cm³/mol. The second-order valence-corrected chi connectivity index (χ2v) is 6.17. The maximum Gasteiger partial charge on any atom is 0.413 e. The maximum atomic E-state index is 11.7. The third kappa shape index (κ3) is 3.47. The van der Waals surface area contributed by atoms with Crippen molar-refractivity contribution in [3.05, 3.63) is 11.8 Å². The molecule has 2 rings (SSSR count). The number of anilines is 2. The van der Waals surface area contributed by atoms with Gasteiger partial charge >= 0.3 is 6.09 Å². The van der Waals surface area contributed by atoms with Crippen LogP contribution >= 0.6 is 11.3 Å². The summed E-state index contributed by atoms with van der Waals surface area (Å²) in [5.41, 5.74) is 6.26. The van der Waals surface area contributed by atoms with Crippen molar-refractivity contribution in [1.29, 1.82) is 0 Å². The molecular formula is C12H16N4O3S. The quantitative estimate of drug-likeness (QED) is 0.882. The first-order valence-electron chi connectivity index (χ1n) is 5.94. The van der Waals surface area contributed by atoms with Gasteiger partial charge in [0.15, 0.2) is 5.13 Å². The minimum atomic E-state index is -0.556. The van der Waals surface area contributed by atoms with Crippen molar-refractivity contribution in [2.24, 2.45) is 0 Å². The van der Waals surface area contributed by atoms with Gasteiger partial charge < -0.3 is 15.0 Å². The third-order valence-electron chi connectivity index (χ3n) is 2.17. The Balaban J connectivity index is 2.14. The van der Waals surface area contributed by atoms with E-state index in [0.29, 0.717) is 10.8 Å². The molecule has 0 spiro atoms. The number of nitrogens with zero attached hydrogens (tertiary/aromatic N) is 2. The number of hydrogen-bond acceptors (Lipinski definition) is 7. The number of nitrogens with one attached hydrogen (secondary N) is 1. The molecule has 0 aliphatic rings. The number of carbonyl (C=O) groups is 1. The Bertz CT molecular complexity index is 627. The second kappa shape index (κ2) is 5.12. The lowest BCUT2D eigenvalue weighted by atomic mass is 10.2. The maximum absolute atomic E-state index is 11.7. The molecule has 20 heavy (non-hydrogen) atoms. The molecule has 7 nitrogen and oxygen atoms in total. The van der Waals surface area contributed by atoms with Crippen molar-refractivity contribution < 1.29 is 14.1 Å². The average Bonchev–Trinajstić information content (AvgIpc) is 2.82. The van der Waals surface area contributed by atoms with Gasteiger partial charge in [-0.25, -0.2) is 9.78 Å². The Kier molecular flexibility index (Phi) is 3.67. The first-order valence-corrected chi connectivity index (χ1v) is 6.76. The summed E-state index contributed by atoms with van der Waals surface area (Å²) in [5.74, 6) is 0.231. The molecule has 0 saturated carbocycles. The van der Waals surface area contributed by atoms with Crippen molar-refractivity contribution in [1.82, 2.24) is 10.1 Å². The molecule has 0 fully saturated rings. The fraction of sp³-hybridized carbons (Fsp3) is 0.417. The first kappa shape index (κ1) is 14.3. The molecule has 8 heteroatoms. The summed E-state index contributed by atoms with van der Waals surface area (Å²) in [5, 5.41) is 6.86. The summed E-state index contributed by atoms with van der Waals surface area (Å²) < 4.78 is 9.99. The van der Waals surface area contributed by atoms with Crippen LogP contribution in [0, 0.1) is 6.92 Å². The van der Waals surface area contributed by atoms with Gasteiger partial charge in [-0.1, -0.05) is 16.5 Å². The van der Waals surface area contributed by atoms with Gasteiger partial charge in [0, 0.05) is 6.07 Å². The number of amides is 1. The standard InChI is InChI=1S/C12H16N4O3S/c1-6-9(7-5-8(13)19-16-7)20-10(14-6)15-11(17)18-12(2,3)4/h5H,13H2,1-4H3,(H,14,15,17). The lowest BCUT2D eigenvalue weighted by molar-refractivity contribution is 0.0636. The molecule has 2 heterocycles. The van der Waals surface area contributed by atoms with E-state index < -0.39 is 11.7 Å². The van der Waals surface area contributed by atoms with E-state index in [2.05, 4.69) is 15.5 Å². The number of thiazole rings is 1. The predicted octanol–water partition coefficient (Wildman–Crippen LogP) is 3.04. The van der Waals surface area contributed by atoms with Crippen molar-refractivity contribution in [2.45, 2.75) is 33.3 Å². The zero-order valence-corrected chi connectivity index (χ0v) is 12.5. The van der Waals surface area contributed by atoms with E-state index in [-0.39, 0.29) is 5.88 Å². The Morgan fingerprint density at radius 2 is 2.20 bits per heavy atom. The molecule has 0 saturated heterocycles. The number of aryl methyl sites for hydroxylation is 1. The van der Waals surface area contributed by atoms with Crippen LogP contribution < -0.4 is 11.1 Å². The number of aromatic nitrogens is 2. The number of nitrogens with two attached hydrogens (primary N) is 1. The zero-order valence-electron chi connectivity index (χ0n) is 11.7. The molecule has 0 bridgehead atoms. The molecule has 2 aromatic rings. The number of hydrogen-bond donors (Lipinski definition) is 2. The van der Waals surface area contributed by atoms with Crippen LogP contribution in [0.25, 0.3) is 10.6 Å². The molecule has 1 amide bonds. The SMILES string of the molecule is Cc1nc(NC(=O)OC(C)(C)C)sc1-c1cc(N)on1. The minimum absolute atomic E-state index is 0.231. The summed E-state index contributed by atoms with van der Waals surface area (Å²) in [7, 11) is 0. The summed E-state index contributed by atoms with van der Waals surface area (Å²) in [6.07, 6.45) is -0.544. The van der Waals surface area contributed by atoms with E-state index in [1.54, 1.807) is 26.8 Å². The van der Waals surface area contributed by atoms with Gasteiger partial charge in [0.05, 0.1) is 10.6 Å². The van der Waals surface area contributed by atoms with Crippen molar-refractivity contribution >= 4 is 28.4 Å². The van der Waals surface area contributed by atoms with Gasteiger partial charge in [0.1, 0.15) is 11.3 Å². The average molecular weight is 296 g/mol. The molecular weight excluding hydrogens is 280 g/mol. The van der Waals surface area contributed by atoms with E-state index in [1.807, 2.05) is 6.92 Å². The third-order valence-corrected chi connectivity index (χ3v) is 3.26. The smallest absolute Gasteiger partial charge is 0.413 e. The van der Waals surface area contributed by atoms with Crippen molar-refractivity contribution in [3.63, 3.8) is 0 Å². The second-order valence-electron chi connectivity index (χ2n) is 5.17. The Morgan fingerprint density at radius 3 is 2.75 bits per heavy atom. The first-order chi connectivity index (χ1) is 9.24. The molecule has 3 N–H and O–H groups in total. The highest BCUT2D eigenvalue weighted by Gasteiger charge is 2.19. The number of nitrogen functional groups attached to an aromatic ring is 1. The van der Waals surface area contributed by atoms with Crippen molar-refractivity contribution in [3.8, 4) is 10.6 Å². The van der Waals surface area contributed by atoms with Crippen LogP contribution in [-0.4, -0.2) is 21.8 Å². The molecule has 0 unspecified atom stereocenters. The van der Waals surface area contributed by atoms with Crippen LogP contribution in [0.2, 0.25) is 0 Å². The van der Waals surface area contributed by atoms with Gasteiger partial charge in [-0.2, -0.15) is 0 Å². The van der Waals surface area contributed by atoms with Gasteiger partial charge in [-0.3, -0.25) is 5.32 Å². The minimum Gasteiger partial charge on any atom is -0.444 e. The number of carbonyl (C=O) groups excluding carboxylic acids is 1. The van der Waals surface area contributed by atoms with Gasteiger partial charge in [0.2, 0.25) is 5.88 Å². The summed E-state index contributed by atoms with van der Waals surface area (Å²) in [6, 6.07) is 1.61. The molecule has 2 aromatic heterocycles. The largest absolute Gasteiger partial charge is 0.444 e. The van der Waals surface area contributed by atoms with Crippen LogP contribution in [0.1, 0.15) is 26.5 Å². The Morgan fingerprint density at radius 1 is 1.50 bits per heavy atom. The lowest BCUT2D eigenvalue weighted by Gasteiger charge is -2.18. The fourth-order valence-corrected chi connectivity index (χ4v) is 2.38. The van der Waals surface area contributed by atoms with Crippen LogP contribution in [0.5, 0.6) is 0 Å². The van der Waals surface area contributed by atoms with Crippen LogP contribution in [0.3, 0.4) is 0 Å². The Hall–Kier alpha value is -2.09. The van der Waals surface area contributed by atoms with E-state index in [0.717, 1.165) is 10.6 Å². The van der Waals surface area contributed by atoms with Crippen molar-refractivity contribution in [2.75, 3.05) is 11.1 Å². The highest BCUT2D eigenvalue weighted by atomic mass is 32.1. The molecule has 0 aliphatic heterocycles. The molecule has 0 radical (unpaired) electrons. The van der Waals surface area contributed by atoms with E-state index in [1.165, 1.54) is 11.3 Å². The lowest BCUT2D eigenvalue weighted by Crippen LogP contribution is -2.27. The van der Waals surface area contributed by atoms with Gasteiger partial charge in [0.25, 0.3) is 0 Å². The normalized spacial score (nSPS) is 11.4. The summed E-state index contributed by atoms with van der Waals surface area (Å²) in [4.78, 5) is 16.7. The van der Waals surface area contributed by atoms with Crippen LogP contribution in [0.15, 0.2) is 10.6 Å². The van der Waals surface area contributed by atoms with Gasteiger partial charge in [-0.15, -0.1) is 0 Å². The number of ether oxygens (including phenoxy) is 1. The van der Waals surface area contributed by atoms with E-state index in [9.17, 15) is 4.79 Å². The zero-order chi connectivity index (χ0) is 14.9. The highest BCUT2D eigenvalue weighted by molar-refractivity contribution is 7.19. The highest BCUT2D eigenvalue weighted by Crippen LogP contribution is 2.32. The van der Waals surface area contributed by atoms with E-state index in [4.69, 9.17) is 15.0 Å². The topological polar surface area (TPSA) is 103 Å². The molecule has 108 valence electrons. The van der Waals surface area contributed by atoms with Crippen LogP contribution in [-0.2, 0) is 4.74 Å². The number of rotatable bonds is 2. The molecule has 0 atom stereocenters. The monoisotopic (exact) mass is 296 g/mol. The van der Waals surface area contributed by atoms with Gasteiger partial charge in [-0.05, 0) is 27.7 Å². The fourth-order valence-electron chi connectivity index (χ4n) is 1.47.